The van der Waals surface area contributed by atoms with Gasteiger partial charge in [0.05, 0.1) is 5.02 Å². The molecule has 0 saturated heterocycles. The molecule has 1 N–H and O–H groups in total. The molecule has 0 aromatic heterocycles. The van der Waals surface area contributed by atoms with Gasteiger partial charge in [0.2, 0.25) is 0 Å². The molecule has 108 valence electrons. The number of rotatable bonds is 10. The number of halogens is 1. The van der Waals surface area contributed by atoms with Crippen molar-refractivity contribution in [2.24, 2.45) is 0 Å². The highest BCUT2D eigenvalue weighted by Crippen LogP contribution is 2.24. The Kier molecular flexibility index (Phi) is 8.63. The standard InChI is InChI=1S/C15H24ClNO2/c1-3-18-10-5-4-8-17-9-11-19-15-7-6-13(2)12-14(15)16/h6-7,12,17H,3-5,8-11H2,1-2H3. The first-order valence-corrected chi connectivity index (χ1v) is 7.29. The Bertz CT molecular complexity index is 358. The van der Waals surface area contributed by atoms with E-state index < -0.39 is 0 Å². The van der Waals surface area contributed by atoms with Crippen molar-refractivity contribution in [2.45, 2.75) is 26.7 Å². The number of ether oxygens (including phenoxy) is 2. The normalized spacial score (nSPS) is 10.7. The maximum atomic E-state index is 6.08. The Morgan fingerprint density at radius 3 is 2.74 bits per heavy atom. The van der Waals surface area contributed by atoms with Gasteiger partial charge in [0.25, 0.3) is 0 Å². The van der Waals surface area contributed by atoms with E-state index in [-0.39, 0.29) is 0 Å². The number of aryl methyl sites for hydroxylation is 1. The van der Waals surface area contributed by atoms with Crippen molar-refractivity contribution in [3.05, 3.63) is 28.8 Å². The van der Waals surface area contributed by atoms with Crippen LogP contribution in [0.5, 0.6) is 5.75 Å². The fourth-order valence-corrected chi connectivity index (χ4v) is 1.97. The molecule has 0 spiro atoms. The van der Waals surface area contributed by atoms with Gasteiger partial charge in [-0.2, -0.15) is 0 Å². The zero-order valence-electron chi connectivity index (χ0n) is 11.9. The molecule has 0 atom stereocenters. The third kappa shape index (κ3) is 7.41. The summed E-state index contributed by atoms with van der Waals surface area (Å²) in [6.07, 6.45) is 2.23. The van der Waals surface area contributed by atoms with Crippen molar-refractivity contribution >= 4 is 11.6 Å². The summed E-state index contributed by atoms with van der Waals surface area (Å²) < 4.78 is 10.9. The van der Waals surface area contributed by atoms with Gasteiger partial charge in [-0.05, 0) is 50.9 Å². The Balaban J connectivity index is 2.01. The molecule has 19 heavy (non-hydrogen) atoms. The molecule has 0 amide bonds. The lowest BCUT2D eigenvalue weighted by atomic mass is 10.2. The Morgan fingerprint density at radius 1 is 1.16 bits per heavy atom. The first-order valence-electron chi connectivity index (χ1n) is 6.91. The van der Waals surface area contributed by atoms with Gasteiger partial charge in [0, 0.05) is 19.8 Å². The zero-order valence-corrected chi connectivity index (χ0v) is 12.6. The van der Waals surface area contributed by atoms with E-state index in [1.807, 2.05) is 32.0 Å². The van der Waals surface area contributed by atoms with E-state index in [1.165, 1.54) is 0 Å². The summed E-state index contributed by atoms with van der Waals surface area (Å²) >= 11 is 6.08. The van der Waals surface area contributed by atoms with Crippen LogP contribution in [-0.2, 0) is 4.74 Å². The van der Waals surface area contributed by atoms with Crippen LogP contribution < -0.4 is 10.1 Å². The third-order valence-corrected chi connectivity index (χ3v) is 3.02. The molecule has 0 aliphatic heterocycles. The maximum Gasteiger partial charge on any atom is 0.137 e. The van der Waals surface area contributed by atoms with Crippen LogP contribution in [0, 0.1) is 6.92 Å². The molecule has 0 fully saturated rings. The highest BCUT2D eigenvalue weighted by molar-refractivity contribution is 6.32. The SMILES string of the molecule is CCOCCCCNCCOc1ccc(C)cc1Cl. The summed E-state index contributed by atoms with van der Waals surface area (Å²) in [4.78, 5) is 0. The Labute approximate surface area is 121 Å². The van der Waals surface area contributed by atoms with Crippen LogP contribution in [0.15, 0.2) is 18.2 Å². The fourth-order valence-electron chi connectivity index (χ4n) is 1.68. The quantitative estimate of drug-likeness (QED) is 0.668. The molecule has 0 aliphatic carbocycles. The second kappa shape index (κ2) is 10.1. The van der Waals surface area contributed by atoms with E-state index in [0.29, 0.717) is 11.6 Å². The summed E-state index contributed by atoms with van der Waals surface area (Å²) in [7, 11) is 0. The van der Waals surface area contributed by atoms with Crippen LogP contribution in [-0.4, -0.2) is 32.9 Å². The van der Waals surface area contributed by atoms with Crippen molar-refractivity contribution in [3.8, 4) is 5.75 Å². The number of hydrogen-bond acceptors (Lipinski definition) is 3. The van der Waals surface area contributed by atoms with Gasteiger partial charge in [-0.15, -0.1) is 0 Å². The number of hydrogen-bond donors (Lipinski definition) is 1. The van der Waals surface area contributed by atoms with Crippen molar-refractivity contribution in [2.75, 3.05) is 32.9 Å². The molecule has 0 bridgehead atoms. The van der Waals surface area contributed by atoms with Gasteiger partial charge < -0.3 is 14.8 Å². The van der Waals surface area contributed by atoms with E-state index in [0.717, 1.165) is 50.5 Å². The van der Waals surface area contributed by atoms with Crippen LogP contribution in [0.2, 0.25) is 5.02 Å². The van der Waals surface area contributed by atoms with Gasteiger partial charge in [0.1, 0.15) is 12.4 Å². The monoisotopic (exact) mass is 285 g/mol. The maximum absolute atomic E-state index is 6.08. The molecule has 0 saturated carbocycles. The minimum Gasteiger partial charge on any atom is -0.491 e. The fraction of sp³-hybridized carbons (Fsp3) is 0.600. The van der Waals surface area contributed by atoms with Crippen molar-refractivity contribution in [1.29, 1.82) is 0 Å². The molecule has 0 heterocycles. The van der Waals surface area contributed by atoms with Crippen LogP contribution in [0.1, 0.15) is 25.3 Å². The second-order valence-electron chi connectivity index (χ2n) is 4.44. The summed E-state index contributed by atoms with van der Waals surface area (Å²) in [5.74, 6) is 0.755. The van der Waals surface area contributed by atoms with Gasteiger partial charge >= 0.3 is 0 Å². The molecule has 3 nitrogen and oxygen atoms in total. The van der Waals surface area contributed by atoms with Gasteiger partial charge in [0.15, 0.2) is 0 Å². The first kappa shape index (κ1) is 16.3. The molecule has 0 radical (unpaired) electrons. The van der Waals surface area contributed by atoms with E-state index >= 15 is 0 Å². The lowest BCUT2D eigenvalue weighted by molar-refractivity contribution is 0.143. The molecular weight excluding hydrogens is 262 g/mol. The van der Waals surface area contributed by atoms with Crippen molar-refractivity contribution in [1.82, 2.24) is 5.32 Å². The number of benzene rings is 1. The van der Waals surface area contributed by atoms with E-state index in [2.05, 4.69) is 5.32 Å². The van der Waals surface area contributed by atoms with Gasteiger partial charge in [-0.3, -0.25) is 0 Å². The van der Waals surface area contributed by atoms with Crippen molar-refractivity contribution < 1.29 is 9.47 Å². The summed E-state index contributed by atoms with van der Waals surface area (Å²) in [6.45, 7) is 8.16. The van der Waals surface area contributed by atoms with E-state index in [1.54, 1.807) is 0 Å². The Hall–Kier alpha value is -0.770. The lowest BCUT2D eigenvalue weighted by Gasteiger charge is -2.09. The average molecular weight is 286 g/mol. The van der Waals surface area contributed by atoms with Crippen LogP contribution in [0.3, 0.4) is 0 Å². The van der Waals surface area contributed by atoms with E-state index in [4.69, 9.17) is 21.1 Å². The topological polar surface area (TPSA) is 30.5 Å². The predicted molar refractivity (Wildman–Crippen MR) is 80.3 cm³/mol. The molecule has 1 aromatic rings. The average Bonchev–Trinajstić information content (AvgIpc) is 2.39. The van der Waals surface area contributed by atoms with Crippen molar-refractivity contribution in [3.63, 3.8) is 0 Å². The second-order valence-corrected chi connectivity index (χ2v) is 4.84. The van der Waals surface area contributed by atoms with Crippen LogP contribution in [0.4, 0.5) is 0 Å². The minimum atomic E-state index is 0.633. The molecule has 0 unspecified atom stereocenters. The first-order chi connectivity index (χ1) is 9.24. The smallest absolute Gasteiger partial charge is 0.137 e. The molecule has 0 aliphatic rings. The summed E-state index contributed by atoms with van der Waals surface area (Å²) in [5, 5.41) is 4.02. The largest absolute Gasteiger partial charge is 0.491 e. The van der Waals surface area contributed by atoms with Gasteiger partial charge in [-0.25, -0.2) is 0 Å². The summed E-state index contributed by atoms with van der Waals surface area (Å²) in [5.41, 5.74) is 1.14. The predicted octanol–water partition coefficient (Wildman–Crippen LogP) is 3.43. The highest BCUT2D eigenvalue weighted by atomic mass is 35.5. The molecular formula is C15H24ClNO2. The zero-order chi connectivity index (χ0) is 13.9. The minimum absolute atomic E-state index is 0.633. The third-order valence-electron chi connectivity index (χ3n) is 2.72. The summed E-state index contributed by atoms with van der Waals surface area (Å²) in [6, 6.07) is 5.83. The van der Waals surface area contributed by atoms with Crippen LogP contribution >= 0.6 is 11.6 Å². The molecule has 1 rings (SSSR count). The van der Waals surface area contributed by atoms with E-state index in [9.17, 15) is 0 Å². The van der Waals surface area contributed by atoms with Gasteiger partial charge in [-0.1, -0.05) is 17.7 Å². The highest BCUT2D eigenvalue weighted by Gasteiger charge is 2.00. The number of unbranched alkanes of at least 4 members (excludes halogenated alkanes) is 1. The molecule has 4 heteroatoms. The Morgan fingerprint density at radius 2 is 2.00 bits per heavy atom. The lowest BCUT2D eigenvalue weighted by Crippen LogP contribution is -2.22. The van der Waals surface area contributed by atoms with Crippen LogP contribution in [0.25, 0.3) is 0 Å². The molecule has 1 aromatic carbocycles. The number of nitrogens with one attached hydrogen (secondary N) is 1.